The standard InChI is InChI=1S/C39H31NO5S2/c1-3-38(41)44-24-4-5-25-47-35-21-16-31(17-22-35)7-6-29-9-12-33(13-10-29)27-45-37-23-18-32(26-36(37)39(42)43-2)11-8-30-14-19-34(20-15-30)40-28-46/h3,9-10,12-23,26H,1,4-5,24-25,27H2,2H3. The molecule has 0 spiro atoms. The van der Waals surface area contributed by atoms with Crippen LogP contribution in [0.25, 0.3) is 0 Å². The zero-order valence-corrected chi connectivity index (χ0v) is 27.4. The van der Waals surface area contributed by atoms with Crippen LogP contribution in [0.5, 0.6) is 5.75 Å². The van der Waals surface area contributed by atoms with Crippen molar-refractivity contribution in [3.63, 3.8) is 0 Å². The molecular weight excluding hydrogens is 627 g/mol. The number of carbonyl (C=O) groups excluding carboxylic acids is 2. The summed E-state index contributed by atoms with van der Waals surface area (Å²) in [4.78, 5) is 28.7. The molecule has 4 aromatic rings. The van der Waals surface area contributed by atoms with Crippen LogP contribution in [0.1, 0.15) is 51.0 Å². The molecule has 4 rings (SSSR count). The lowest BCUT2D eigenvalue weighted by molar-refractivity contribution is -0.137. The Morgan fingerprint density at radius 1 is 0.830 bits per heavy atom. The van der Waals surface area contributed by atoms with Crippen LogP contribution in [0.2, 0.25) is 0 Å². The molecule has 0 aliphatic rings. The highest BCUT2D eigenvalue weighted by Crippen LogP contribution is 2.23. The highest BCUT2D eigenvalue weighted by Gasteiger charge is 2.14. The van der Waals surface area contributed by atoms with Gasteiger partial charge in [-0.15, -0.1) is 11.8 Å². The molecule has 0 heterocycles. The normalized spacial score (nSPS) is 9.81. The monoisotopic (exact) mass is 657 g/mol. The molecule has 0 aliphatic heterocycles. The maximum absolute atomic E-state index is 12.5. The van der Waals surface area contributed by atoms with E-state index >= 15 is 0 Å². The minimum Gasteiger partial charge on any atom is -0.488 e. The van der Waals surface area contributed by atoms with E-state index in [1.54, 1.807) is 42.1 Å². The summed E-state index contributed by atoms with van der Waals surface area (Å²) in [5.41, 5.74) is 5.18. The Hall–Kier alpha value is -5.37. The summed E-state index contributed by atoms with van der Waals surface area (Å²) >= 11 is 6.39. The first kappa shape index (κ1) is 34.5. The predicted molar refractivity (Wildman–Crippen MR) is 189 cm³/mol. The van der Waals surface area contributed by atoms with Crippen LogP contribution in [0.15, 0.2) is 114 Å². The maximum Gasteiger partial charge on any atom is 0.341 e. The fourth-order valence-electron chi connectivity index (χ4n) is 4.07. The van der Waals surface area contributed by atoms with E-state index < -0.39 is 5.97 Å². The highest BCUT2D eigenvalue weighted by molar-refractivity contribution is 7.99. The van der Waals surface area contributed by atoms with Gasteiger partial charge in [-0.1, -0.05) is 42.4 Å². The van der Waals surface area contributed by atoms with Crippen LogP contribution in [0.3, 0.4) is 0 Å². The molecule has 6 nitrogen and oxygen atoms in total. The minimum absolute atomic E-state index is 0.262. The number of isothiocyanates is 1. The number of thioether (sulfide) groups is 1. The molecular formula is C39H31NO5S2. The molecule has 0 fully saturated rings. The van der Waals surface area contributed by atoms with Gasteiger partial charge >= 0.3 is 11.9 Å². The van der Waals surface area contributed by atoms with E-state index in [2.05, 4.69) is 64.8 Å². The number of hydrogen-bond acceptors (Lipinski definition) is 8. The highest BCUT2D eigenvalue weighted by atomic mass is 32.2. The number of nitrogens with zero attached hydrogens (tertiary/aromatic N) is 1. The minimum atomic E-state index is -0.507. The second-order valence-electron chi connectivity index (χ2n) is 9.89. The first-order valence-corrected chi connectivity index (χ1v) is 16.0. The Morgan fingerprint density at radius 3 is 2.04 bits per heavy atom. The molecule has 8 heteroatoms. The molecule has 4 aromatic carbocycles. The number of benzene rings is 4. The average molecular weight is 658 g/mol. The number of thiocarbonyl (C=S) groups is 1. The summed E-state index contributed by atoms with van der Waals surface area (Å²) in [6.45, 7) is 4.06. The average Bonchev–Trinajstić information content (AvgIpc) is 3.11. The van der Waals surface area contributed by atoms with Crippen LogP contribution < -0.4 is 4.74 Å². The summed E-state index contributed by atoms with van der Waals surface area (Å²) in [5.74, 6) is 13.0. The van der Waals surface area contributed by atoms with Crippen molar-refractivity contribution < 1.29 is 23.8 Å². The third kappa shape index (κ3) is 11.5. The second kappa shape index (κ2) is 18.6. The fourth-order valence-corrected chi connectivity index (χ4v) is 5.09. The van der Waals surface area contributed by atoms with E-state index in [9.17, 15) is 9.59 Å². The van der Waals surface area contributed by atoms with Crippen LogP contribution in [0.4, 0.5) is 5.69 Å². The van der Waals surface area contributed by atoms with E-state index in [1.165, 1.54) is 18.1 Å². The molecule has 0 bridgehead atoms. The van der Waals surface area contributed by atoms with Gasteiger partial charge in [0.2, 0.25) is 0 Å². The summed E-state index contributed by atoms with van der Waals surface area (Å²) < 4.78 is 16.0. The Bertz CT molecular complexity index is 1870. The van der Waals surface area contributed by atoms with E-state index in [0.717, 1.165) is 40.8 Å². The number of ether oxygens (including phenoxy) is 3. The third-order valence-corrected chi connectivity index (χ3v) is 7.74. The van der Waals surface area contributed by atoms with Gasteiger partial charge in [-0.25, -0.2) is 9.59 Å². The first-order valence-electron chi connectivity index (χ1n) is 14.7. The summed E-state index contributed by atoms with van der Waals surface area (Å²) in [6, 6.07) is 28.4. The number of unbranched alkanes of at least 4 members (excludes halogenated alkanes) is 1. The van der Waals surface area contributed by atoms with Crippen LogP contribution >= 0.6 is 24.0 Å². The maximum atomic E-state index is 12.5. The van der Waals surface area contributed by atoms with Crippen molar-refractivity contribution in [2.75, 3.05) is 19.5 Å². The number of carbonyl (C=O) groups is 2. The fraction of sp³-hybridized carbons (Fsp3) is 0.154. The molecule has 47 heavy (non-hydrogen) atoms. The predicted octanol–water partition coefficient (Wildman–Crippen LogP) is 8.19. The number of methoxy groups -OCH3 is 1. The number of hydrogen-bond donors (Lipinski definition) is 0. The smallest absolute Gasteiger partial charge is 0.341 e. The quantitative estimate of drug-likeness (QED) is 0.0289. The lowest BCUT2D eigenvalue weighted by Crippen LogP contribution is -2.06. The molecule has 0 atom stereocenters. The second-order valence-corrected chi connectivity index (χ2v) is 11.2. The zero-order chi connectivity index (χ0) is 33.3. The summed E-state index contributed by atoms with van der Waals surface area (Å²) in [5, 5.41) is 2.34. The van der Waals surface area contributed by atoms with E-state index in [-0.39, 0.29) is 12.6 Å². The third-order valence-electron chi connectivity index (χ3n) is 6.55. The number of rotatable bonds is 12. The van der Waals surface area contributed by atoms with Gasteiger partial charge in [-0.3, -0.25) is 0 Å². The topological polar surface area (TPSA) is 74.2 Å². The summed E-state index contributed by atoms with van der Waals surface area (Å²) in [7, 11) is 1.33. The van der Waals surface area contributed by atoms with Gasteiger partial charge < -0.3 is 14.2 Å². The largest absolute Gasteiger partial charge is 0.488 e. The number of aliphatic imine (C=N–C) groups is 1. The summed E-state index contributed by atoms with van der Waals surface area (Å²) in [6.07, 6.45) is 2.95. The van der Waals surface area contributed by atoms with E-state index in [1.807, 2.05) is 48.5 Å². The van der Waals surface area contributed by atoms with Crippen molar-refractivity contribution in [2.45, 2.75) is 24.3 Å². The molecule has 0 unspecified atom stereocenters. The van der Waals surface area contributed by atoms with Crippen molar-refractivity contribution in [2.24, 2.45) is 4.99 Å². The number of esters is 2. The molecule has 0 aromatic heterocycles. The first-order chi connectivity index (χ1) is 23.0. The van der Waals surface area contributed by atoms with Crippen LogP contribution in [-0.2, 0) is 20.9 Å². The Balaban J connectivity index is 1.30. The van der Waals surface area contributed by atoms with Crippen molar-refractivity contribution in [1.29, 1.82) is 0 Å². The van der Waals surface area contributed by atoms with Crippen molar-refractivity contribution in [3.8, 4) is 29.4 Å². The van der Waals surface area contributed by atoms with Gasteiger partial charge in [0.05, 0.1) is 24.6 Å². The Labute approximate surface area is 284 Å². The van der Waals surface area contributed by atoms with Crippen molar-refractivity contribution >= 4 is 46.8 Å². The SMILES string of the molecule is C=CC(=O)OCCCCSc1ccc(C#Cc2ccc(COc3ccc(C#Cc4ccc(N=C=S)cc4)cc3C(=O)OC)cc2)cc1. The zero-order valence-electron chi connectivity index (χ0n) is 25.8. The van der Waals surface area contributed by atoms with Gasteiger partial charge in [-0.2, -0.15) is 4.99 Å². The van der Waals surface area contributed by atoms with Gasteiger partial charge in [-0.05, 0) is 115 Å². The van der Waals surface area contributed by atoms with Gasteiger partial charge in [0.15, 0.2) is 0 Å². The Kier molecular flexibility index (Phi) is 13.6. The molecule has 234 valence electrons. The Morgan fingerprint density at radius 2 is 1.43 bits per heavy atom. The van der Waals surface area contributed by atoms with E-state index in [0.29, 0.717) is 29.2 Å². The molecule has 0 aliphatic carbocycles. The van der Waals surface area contributed by atoms with Crippen LogP contribution in [0, 0.1) is 23.7 Å². The lowest BCUT2D eigenvalue weighted by Gasteiger charge is -2.11. The lowest BCUT2D eigenvalue weighted by atomic mass is 10.1. The van der Waals surface area contributed by atoms with Crippen molar-refractivity contribution in [1.82, 2.24) is 0 Å². The molecule has 0 radical (unpaired) electrons. The van der Waals surface area contributed by atoms with Crippen molar-refractivity contribution in [3.05, 3.63) is 137 Å². The van der Waals surface area contributed by atoms with Gasteiger partial charge in [0.25, 0.3) is 0 Å². The molecule has 0 saturated heterocycles. The molecule has 0 saturated carbocycles. The van der Waals surface area contributed by atoms with Gasteiger partial charge in [0, 0.05) is 33.2 Å². The molecule has 0 N–H and O–H groups in total. The molecule has 0 amide bonds. The van der Waals surface area contributed by atoms with Crippen LogP contribution in [-0.4, -0.2) is 36.6 Å². The van der Waals surface area contributed by atoms with E-state index in [4.69, 9.17) is 14.2 Å². The van der Waals surface area contributed by atoms with Gasteiger partial charge in [0.1, 0.15) is 17.9 Å².